The quantitative estimate of drug-likeness (QED) is 0.761. The summed E-state index contributed by atoms with van der Waals surface area (Å²) >= 11 is 0. The molecule has 0 saturated carbocycles. The first-order valence-electron chi connectivity index (χ1n) is 8.60. The molecule has 0 aliphatic heterocycles. The highest BCUT2D eigenvalue weighted by atomic mass is 16.5. The second kappa shape index (κ2) is 8.66. The lowest BCUT2D eigenvalue weighted by Gasteiger charge is -2.09. The number of aryl methyl sites for hydroxylation is 3. The Hall–Kier alpha value is -2.35. The van der Waals surface area contributed by atoms with Gasteiger partial charge in [0.05, 0.1) is 18.0 Å². The molecule has 0 saturated heterocycles. The highest BCUT2D eigenvalue weighted by molar-refractivity contribution is 5.88. The molecular weight excluding hydrogens is 320 g/mol. The van der Waals surface area contributed by atoms with E-state index < -0.39 is 0 Å². The highest BCUT2D eigenvalue weighted by Gasteiger charge is 2.15. The predicted octanol–water partition coefficient (Wildman–Crippen LogP) is 1.79. The van der Waals surface area contributed by atoms with E-state index in [9.17, 15) is 4.79 Å². The molecule has 2 aromatic rings. The Morgan fingerprint density at radius 2 is 1.96 bits per heavy atom. The summed E-state index contributed by atoms with van der Waals surface area (Å²) in [4.78, 5) is 12.3. The standard InChI is InChI=1S/C17H28N6O2/c1-6-14-13(15(7-2)22(3)21-14)11-18-17(24)19-16-10-12(8-9-25-5)20-23(16)4/h10H,6-9,11H2,1-5H3,(H2,18,19,24). The number of amides is 2. The normalized spacial score (nSPS) is 10.9. The van der Waals surface area contributed by atoms with Crippen molar-refractivity contribution >= 4 is 11.8 Å². The number of ether oxygens (including phenoxy) is 1. The SMILES string of the molecule is CCc1nn(C)c(CC)c1CNC(=O)Nc1cc(CCOC)nn1C. The number of hydrogen-bond donors (Lipinski definition) is 2. The van der Waals surface area contributed by atoms with Gasteiger partial charge in [0.1, 0.15) is 5.82 Å². The molecule has 0 bridgehead atoms. The molecule has 0 fully saturated rings. The summed E-state index contributed by atoms with van der Waals surface area (Å²) in [6, 6.07) is 1.60. The van der Waals surface area contributed by atoms with E-state index >= 15 is 0 Å². The summed E-state index contributed by atoms with van der Waals surface area (Å²) in [5.41, 5.74) is 4.17. The number of methoxy groups -OCH3 is 1. The zero-order chi connectivity index (χ0) is 18.4. The second-order valence-electron chi connectivity index (χ2n) is 5.90. The molecule has 0 aliphatic carbocycles. The van der Waals surface area contributed by atoms with Crippen LogP contribution in [0.1, 0.15) is 36.5 Å². The summed E-state index contributed by atoms with van der Waals surface area (Å²) in [7, 11) is 5.40. The number of urea groups is 1. The second-order valence-corrected chi connectivity index (χ2v) is 5.90. The largest absolute Gasteiger partial charge is 0.384 e. The highest BCUT2D eigenvalue weighted by Crippen LogP contribution is 2.15. The van der Waals surface area contributed by atoms with Gasteiger partial charge in [0, 0.05) is 51.5 Å². The third-order valence-corrected chi connectivity index (χ3v) is 4.19. The molecule has 0 aliphatic rings. The molecule has 0 aromatic carbocycles. The zero-order valence-electron chi connectivity index (χ0n) is 15.7. The van der Waals surface area contributed by atoms with Crippen LogP contribution in [0.25, 0.3) is 0 Å². The van der Waals surface area contributed by atoms with Crippen molar-refractivity contribution in [3.63, 3.8) is 0 Å². The topological polar surface area (TPSA) is 86.0 Å². The van der Waals surface area contributed by atoms with Gasteiger partial charge in [0.15, 0.2) is 0 Å². The van der Waals surface area contributed by atoms with Gasteiger partial charge in [-0.1, -0.05) is 13.8 Å². The Balaban J connectivity index is 1.99. The monoisotopic (exact) mass is 348 g/mol. The van der Waals surface area contributed by atoms with Gasteiger partial charge < -0.3 is 10.1 Å². The first-order valence-corrected chi connectivity index (χ1v) is 8.60. The maximum atomic E-state index is 12.3. The van der Waals surface area contributed by atoms with Gasteiger partial charge in [-0.15, -0.1) is 0 Å². The molecule has 138 valence electrons. The number of carbonyl (C=O) groups is 1. The van der Waals surface area contributed by atoms with Crippen molar-refractivity contribution < 1.29 is 9.53 Å². The number of nitrogens with zero attached hydrogens (tertiary/aromatic N) is 4. The van der Waals surface area contributed by atoms with Crippen molar-refractivity contribution in [1.82, 2.24) is 24.9 Å². The van der Waals surface area contributed by atoms with Gasteiger partial charge in [0.2, 0.25) is 0 Å². The van der Waals surface area contributed by atoms with Gasteiger partial charge in [0.25, 0.3) is 0 Å². The smallest absolute Gasteiger partial charge is 0.320 e. The van der Waals surface area contributed by atoms with Crippen LogP contribution in [0.5, 0.6) is 0 Å². The minimum Gasteiger partial charge on any atom is -0.384 e. The number of anilines is 1. The van der Waals surface area contributed by atoms with Crippen molar-refractivity contribution in [2.45, 2.75) is 39.7 Å². The van der Waals surface area contributed by atoms with Crippen LogP contribution < -0.4 is 10.6 Å². The molecule has 0 radical (unpaired) electrons. The summed E-state index contributed by atoms with van der Waals surface area (Å²) < 4.78 is 8.61. The first-order chi connectivity index (χ1) is 12.0. The first kappa shape index (κ1) is 19.0. The number of hydrogen-bond acceptors (Lipinski definition) is 4. The molecule has 2 heterocycles. The summed E-state index contributed by atoms with van der Waals surface area (Å²) in [6.07, 6.45) is 2.44. The van der Waals surface area contributed by atoms with E-state index in [1.807, 2.05) is 17.8 Å². The summed E-state index contributed by atoms with van der Waals surface area (Å²) in [6.45, 7) is 5.23. The third kappa shape index (κ3) is 4.60. The van der Waals surface area contributed by atoms with Crippen LogP contribution in [0.4, 0.5) is 10.6 Å². The lowest BCUT2D eigenvalue weighted by atomic mass is 10.1. The van der Waals surface area contributed by atoms with E-state index in [2.05, 4.69) is 34.7 Å². The minimum atomic E-state index is -0.255. The van der Waals surface area contributed by atoms with Crippen LogP contribution in [0.15, 0.2) is 6.07 Å². The number of carbonyl (C=O) groups excluding carboxylic acids is 1. The summed E-state index contributed by atoms with van der Waals surface area (Å²) in [5, 5.41) is 14.6. The summed E-state index contributed by atoms with van der Waals surface area (Å²) in [5.74, 6) is 0.654. The fourth-order valence-electron chi connectivity index (χ4n) is 2.90. The molecule has 2 aromatic heterocycles. The van der Waals surface area contributed by atoms with E-state index in [-0.39, 0.29) is 6.03 Å². The third-order valence-electron chi connectivity index (χ3n) is 4.19. The average Bonchev–Trinajstić information content (AvgIpc) is 3.09. The number of aromatic nitrogens is 4. The van der Waals surface area contributed by atoms with Gasteiger partial charge in [-0.05, 0) is 12.8 Å². The Labute approximate surface area is 148 Å². The van der Waals surface area contributed by atoms with E-state index in [1.54, 1.807) is 18.8 Å². The van der Waals surface area contributed by atoms with Crippen LogP contribution in [0.3, 0.4) is 0 Å². The maximum absolute atomic E-state index is 12.3. The molecule has 0 spiro atoms. The minimum absolute atomic E-state index is 0.255. The van der Waals surface area contributed by atoms with Crippen LogP contribution in [-0.2, 0) is 44.6 Å². The number of rotatable bonds is 8. The number of nitrogens with one attached hydrogen (secondary N) is 2. The Morgan fingerprint density at radius 3 is 2.60 bits per heavy atom. The molecule has 2 amide bonds. The van der Waals surface area contributed by atoms with Crippen LogP contribution in [-0.4, -0.2) is 39.3 Å². The molecule has 2 rings (SSSR count). The van der Waals surface area contributed by atoms with Crippen LogP contribution in [0.2, 0.25) is 0 Å². The molecule has 8 heteroatoms. The van der Waals surface area contributed by atoms with E-state index in [1.165, 1.54) is 0 Å². The van der Waals surface area contributed by atoms with E-state index in [0.717, 1.165) is 35.5 Å². The van der Waals surface area contributed by atoms with E-state index in [0.29, 0.717) is 25.4 Å². The molecule has 2 N–H and O–H groups in total. The Bertz CT molecular complexity index is 719. The van der Waals surface area contributed by atoms with Gasteiger partial charge in [-0.2, -0.15) is 10.2 Å². The molecule has 0 unspecified atom stereocenters. The van der Waals surface area contributed by atoms with E-state index in [4.69, 9.17) is 4.74 Å². The molecular formula is C17H28N6O2. The van der Waals surface area contributed by atoms with Crippen molar-refractivity contribution in [2.24, 2.45) is 14.1 Å². The van der Waals surface area contributed by atoms with Crippen molar-refractivity contribution in [1.29, 1.82) is 0 Å². The maximum Gasteiger partial charge on any atom is 0.320 e. The predicted molar refractivity (Wildman–Crippen MR) is 96.6 cm³/mol. The zero-order valence-corrected chi connectivity index (χ0v) is 15.7. The van der Waals surface area contributed by atoms with Gasteiger partial charge in [-0.25, -0.2) is 4.79 Å². The average molecular weight is 348 g/mol. The van der Waals surface area contributed by atoms with Gasteiger partial charge >= 0.3 is 6.03 Å². The molecule has 0 atom stereocenters. The van der Waals surface area contributed by atoms with Crippen LogP contribution >= 0.6 is 0 Å². The molecule has 25 heavy (non-hydrogen) atoms. The fourth-order valence-corrected chi connectivity index (χ4v) is 2.90. The van der Waals surface area contributed by atoms with Crippen molar-refractivity contribution in [2.75, 3.05) is 19.0 Å². The van der Waals surface area contributed by atoms with Crippen molar-refractivity contribution in [3.8, 4) is 0 Å². The Kier molecular flexibility index (Phi) is 6.58. The Morgan fingerprint density at radius 1 is 1.20 bits per heavy atom. The fraction of sp³-hybridized carbons (Fsp3) is 0.588. The molecule has 8 nitrogen and oxygen atoms in total. The van der Waals surface area contributed by atoms with Crippen molar-refractivity contribution in [3.05, 3.63) is 28.7 Å². The van der Waals surface area contributed by atoms with Gasteiger partial charge in [-0.3, -0.25) is 14.7 Å². The van der Waals surface area contributed by atoms with Crippen LogP contribution in [0, 0.1) is 0 Å². The lowest BCUT2D eigenvalue weighted by molar-refractivity contribution is 0.201. The lowest BCUT2D eigenvalue weighted by Crippen LogP contribution is -2.29.